The van der Waals surface area contributed by atoms with Crippen LogP contribution in [-0.2, 0) is 16.6 Å². The van der Waals surface area contributed by atoms with E-state index in [-0.39, 0.29) is 18.8 Å². The topological polar surface area (TPSA) is 108 Å². The summed E-state index contributed by atoms with van der Waals surface area (Å²) in [5.41, 5.74) is 0.0906. The molecular formula is C27H25F3N4O3S2. The number of carbonyl (C=O) groups is 1. The van der Waals surface area contributed by atoms with Gasteiger partial charge in [0, 0.05) is 18.1 Å². The van der Waals surface area contributed by atoms with Gasteiger partial charge in [0.2, 0.25) is 5.95 Å². The Morgan fingerprint density at radius 1 is 1.13 bits per heavy atom. The monoisotopic (exact) mass is 574 g/mol. The SMILES string of the molecule is CC1(C)C[C@@](O)(c2ncc(-c3cc(Nc4nccc(C(F)(F)F)n4)cc(-c4ccsc4)c3)s2)CC[C@@H]1C(=O)O. The van der Waals surface area contributed by atoms with Gasteiger partial charge in [0.25, 0.3) is 0 Å². The van der Waals surface area contributed by atoms with Crippen molar-refractivity contribution in [3.05, 3.63) is 64.2 Å². The molecule has 204 valence electrons. The maximum Gasteiger partial charge on any atom is 0.433 e. The van der Waals surface area contributed by atoms with E-state index in [4.69, 9.17) is 0 Å². The number of halogens is 3. The second-order valence-electron chi connectivity index (χ2n) is 10.4. The Morgan fingerprint density at radius 2 is 1.90 bits per heavy atom. The molecule has 3 heterocycles. The summed E-state index contributed by atoms with van der Waals surface area (Å²) in [4.78, 5) is 24.5. The molecule has 3 aromatic heterocycles. The highest BCUT2D eigenvalue weighted by Gasteiger charge is 2.49. The largest absolute Gasteiger partial charge is 0.481 e. The van der Waals surface area contributed by atoms with Crippen molar-refractivity contribution < 1.29 is 28.2 Å². The first-order valence-electron chi connectivity index (χ1n) is 12.1. The van der Waals surface area contributed by atoms with Crippen molar-refractivity contribution >= 4 is 40.3 Å². The molecule has 0 amide bonds. The minimum absolute atomic E-state index is 0.185. The molecule has 4 aromatic rings. The third kappa shape index (κ3) is 5.68. The zero-order valence-corrected chi connectivity index (χ0v) is 22.6. The van der Waals surface area contributed by atoms with Crippen LogP contribution < -0.4 is 5.32 Å². The van der Waals surface area contributed by atoms with Gasteiger partial charge >= 0.3 is 12.1 Å². The number of alkyl halides is 3. The number of nitrogens with zero attached hydrogens (tertiary/aromatic N) is 3. The highest BCUT2D eigenvalue weighted by molar-refractivity contribution is 7.15. The first-order valence-corrected chi connectivity index (χ1v) is 13.9. The molecule has 12 heteroatoms. The van der Waals surface area contributed by atoms with Crippen LogP contribution in [0.2, 0.25) is 0 Å². The summed E-state index contributed by atoms with van der Waals surface area (Å²) >= 11 is 2.83. The van der Waals surface area contributed by atoms with Gasteiger partial charge in [-0.2, -0.15) is 24.5 Å². The van der Waals surface area contributed by atoms with Crippen LogP contribution in [0.15, 0.2) is 53.5 Å². The molecule has 39 heavy (non-hydrogen) atoms. The van der Waals surface area contributed by atoms with E-state index in [0.717, 1.165) is 33.8 Å². The van der Waals surface area contributed by atoms with Gasteiger partial charge in [-0.3, -0.25) is 4.79 Å². The molecule has 2 atom stereocenters. The van der Waals surface area contributed by atoms with E-state index in [9.17, 15) is 28.2 Å². The van der Waals surface area contributed by atoms with Crippen LogP contribution in [-0.4, -0.2) is 31.1 Å². The van der Waals surface area contributed by atoms with Gasteiger partial charge in [-0.1, -0.05) is 13.8 Å². The summed E-state index contributed by atoms with van der Waals surface area (Å²) in [5.74, 6) is -1.60. The Morgan fingerprint density at radius 3 is 2.56 bits per heavy atom. The predicted molar refractivity (Wildman–Crippen MR) is 144 cm³/mol. The Bertz CT molecular complexity index is 1500. The Balaban J connectivity index is 1.49. The Kier molecular flexibility index (Phi) is 6.98. The number of rotatable bonds is 6. The van der Waals surface area contributed by atoms with Gasteiger partial charge in [0.05, 0.1) is 10.8 Å². The summed E-state index contributed by atoms with van der Waals surface area (Å²) in [6.45, 7) is 3.70. The van der Waals surface area contributed by atoms with Gasteiger partial charge in [-0.25, -0.2) is 15.0 Å². The maximum atomic E-state index is 13.2. The van der Waals surface area contributed by atoms with E-state index in [1.807, 2.05) is 36.7 Å². The molecule has 5 rings (SSSR count). The molecular weight excluding hydrogens is 549 g/mol. The number of thiazole rings is 1. The standard InChI is InChI=1S/C27H25F3N4O3S2/c1-25(2)14-26(37,6-3-19(25)22(35)36)23-32-12-20(39-23)17-9-16(15-5-8-38-13-15)10-18(11-17)33-24-31-7-4-21(34-24)27(28,29)30/h4-5,7-13,19,37H,3,6,14H2,1-2H3,(H,35,36)(H,31,33,34)/t19-,26-/m1/s1. The van der Waals surface area contributed by atoms with E-state index < -0.39 is 34.8 Å². The van der Waals surface area contributed by atoms with Gasteiger partial charge in [0.1, 0.15) is 16.3 Å². The van der Waals surface area contributed by atoms with Crippen LogP contribution in [0.4, 0.5) is 24.8 Å². The molecule has 0 saturated heterocycles. The van der Waals surface area contributed by atoms with Crippen LogP contribution in [0.25, 0.3) is 21.6 Å². The Labute approximate surface area is 230 Å². The third-order valence-corrected chi connectivity index (χ3v) is 8.94. The number of aliphatic carboxylic acids is 1. The van der Waals surface area contributed by atoms with Crippen molar-refractivity contribution in [1.29, 1.82) is 0 Å². The molecule has 0 bridgehead atoms. The lowest BCUT2D eigenvalue weighted by atomic mass is 9.63. The number of aliphatic hydroxyl groups is 1. The average molecular weight is 575 g/mol. The fourth-order valence-electron chi connectivity index (χ4n) is 5.15. The number of benzene rings is 1. The molecule has 1 saturated carbocycles. The first kappa shape index (κ1) is 27.2. The predicted octanol–water partition coefficient (Wildman–Crippen LogP) is 7.19. The molecule has 1 aliphatic rings. The Hall–Kier alpha value is -3.35. The second kappa shape index (κ2) is 10.00. The minimum Gasteiger partial charge on any atom is -0.481 e. The number of hydrogen-bond donors (Lipinski definition) is 3. The normalized spacial score (nSPS) is 21.0. The van der Waals surface area contributed by atoms with Crippen LogP contribution in [0.3, 0.4) is 0 Å². The lowest BCUT2D eigenvalue weighted by molar-refractivity contribution is -0.154. The number of anilines is 2. The summed E-state index contributed by atoms with van der Waals surface area (Å²) in [7, 11) is 0. The summed E-state index contributed by atoms with van der Waals surface area (Å²) in [5, 5.41) is 28.4. The number of hydrogen-bond acceptors (Lipinski definition) is 8. The number of thiophene rings is 1. The zero-order chi connectivity index (χ0) is 28.0. The van der Waals surface area contributed by atoms with Crippen molar-refractivity contribution in [2.45, 2.75) is 44.9 Å². The van der Waals surface area contributed by atoms with Crippen molar-refractivity contribution in [1.82, 2.24) is 15.0 Å². The van der Waals surface area contributed by atoms with Crippen molar-refractivity contribution in [3.63, 3.8) is 0 Å². The molecule has 3 N–H and O–H groups in total. The quantitative estimate of drug-likeness (QED) is 0.224. The molecule has 1 fully saturated rings. The van der Waals surface area contributed by atoms with E-state index >= 15 is 0 Å². The molecule has 1 aliphatic carbocycles. The highest BCUT2D eigenvalue weighted by atomic mass is 32.1. The van der Waals surface area contributed by atoms with E-state index in [1.54, 1.807) is 18.3 Å². The van der Waals surface area contributed by atoms with Gasteiger partial charge in [0.15, 0.2) is 0 Å². The van der Waals surface area contributed by atoms with E-state index in [2.05, 4.69) is 20.3 Å². The number of nitrogens with one attached hydrogen (secondary N) is 1. The fraction of sp³-hybridized carbons (Fsp3) is 0.333. The molecule has 0 aliphatic heterocycles. The van der Waals surface area contributed by atoms with E-state index in [1.165, 1.54) is 22.7 Å². The van der Waals surface area contributed by atoms with Gasteiger partial charge < -0.3 is 15.5 Å². The van der Waals surface area contributed by atoms with Crippen LogP contribution >= 0.6 is 22.7 Å². The molecule has 7 nitrogen and oxygen atoms in total. The third-order valence-electron chi connectivity index (χ3n) is 7.01. The van der Waals surface area contributed by atoms with E-state index in [0.29, 0.717) is 17.1 Å². The summed E-state index contributed by atoms with van der Waals surface area (Å²) < 4.78 is 39.5. The average Bonchev–Trinajstić information content (AvgIpc) is 3.56. The lowest BCUT2D eigenvalue weighted by Gasteiger charge is -2.44. The minimum atomic E-state index is -4.60. The molecule has 0 spiro atoms. The maximum absolute atomic E-state index is 13.2. The highest BCUT2D eigenvalue weighted by Crippen LogP contribution is 2.51. The zero-order valence-electron chi connectivity index (χ0n) is 21.0. The first-order chi connectivity index (χ1) is 18.3. The van der Waals surface area contributed by atoms with Crippen molar-refractivity contribution in [2.75, 3.05) is 5.32 Å². The van der Waals surface area contributed by atoms with Gasteiger partial charge in [-0.05, 0) is 82.5 Å². The molecule has 0 radical (unpaired) electrons. The van der Waals surface area contributed by atoms with Crippen LogP contribution in [0.1, 0.15) is 43.8 Å². The number of aromatic nitrogens is 3. The summed E-state index contributed by atoms with van der Waals surface area (Å²) in [6.07, 6.45) is -0.995. The van der Waals surface area contributed by atoms with Crippen LogP contribution in [0, 0.1) is 11.3 Å². The van der Waals surface area contributed by atoms with Crippen molar-refractivity contribution in [2.24, 2.45) is 11.3 Å². The fourth-order valence-corrected chi connectivity index (χ4v) is 6.83. The summed E-state index contributed by atoms with van der Waals surface area (Å²) in [6, 6.07) is 8.28. The smallest absolute Gasteiger partial charge is 0.433 e. The number of carboxylic acids is 1. The van der Waals surface area contributed by atoms with Gasteiger partial charge in [-0.15, -0.1) is 11.3 Å². The number of carboxylic acid groups (broad SMARTS) is 1. The second-order valence-corrected chi connectivity index (χ2v) is 12.2. The van der Waals surface area contributed by atoms with Crippen LogP contribution in [0.5, 0.6) is 0 Å². The molecule has 0 unspecified atom stereocenters. The lowest BCUT2D eigenvalue weighted by Crippen LogP contribution is -2.44. The molecule has 1 aromatic carbocycles. The van der Waals surface area contributed by atoms with Crippen molar-refractivity contribution in [3.8, 4) is 21.6 Å².